The largest absolute Gasteiger partial charge is 0.492 e. The Balaban J connectivity index is 1.55. The van der Waals surface area contributed by atoms with E-state index in [1.54, 1.807) is 31.2 Å². The number of hydrogen-bond acceptors (Lipinski definition) is 6. The molecule has 1 atom stereocenters. The lowest BCUT2D eigenvalue weighted by molar-refractivity contribution is -0.121. The Morgan fingerprint density at radius 2 is 1.74 bits per heavy atom. The summed E-state index contributed by atoms with van der Waals surface area (Å²) in [4.78, 5) is 12.9. The summed E-state index contributed by atoms with van der Waals surface area (Å²) in [5, 5.41) is 3.07. The second kappa shape index (κ2) is 11.2. The van der Waals surface area contributed by atoms with Gasteiger partial charge in [-0.15, -0.1) is 0 Å². The molecule has 1 unspecified atom stereocenters. The summed E-state index contributed by atoms with van der Waals surface area (Å²) in [6.07, 6.45) is 2.76. The lowest BCUT2D eigenvalue weighted by Gasteiger charge is -2.28. The van der Waals surface area contributed by atoms with Gasteiger partial charge in [-0.2, -0.15) is 4.31 Å². The van der Waals surface area contributed by atoms with Crippen LogP contribution in [0.1, 0.15) is 25.3 Å². The molecule has 0 saturated carbocycles. The van der Waals surface area contributed by atoms with Gasteiger partial charge in [-0.1, -0.05) is 17.7 Å². The first-order chi connectivity index (χ1) is 16.4. The normalized spacial score (nSPS) is 15.5. The van der Waals surface area contributed by atoms with E-state index in [4.69, 9.17) is 16.3 Å². The van der Waals surface area contributed by atoms with Crippen LogP contribution in [0, 0.1) is 6.92 Å². The maximum atomic E-state index is 12.7. The number of halogens is 1. The van der Waals surface area contributed by atoms with Gasteiger partial charge >= 0.3 is 0 Å². The summed E-state index contributed by atoms with van der Waals surface area (Å²) in [5.41, 5.74) is 1.09. The molecule has 35 heavy (non-hydrogen) atoms. The van der Waals surface area contributed by atoms with Crippen molar-refractivity contribution in [3.05, 3.63) is 53.1 Å². The molecule has 0 radical (unpaired) electrons. The van der Waals surface area contributed by atoms with Crippen LogP contribution in [0.2, 0.25) is 5.02 Å². The van der Waals surface area contributed by atoms with Crippen LogP contribution in [0.25, 0.3) is 0 Å². The molecule has 192 valence electrons. The topological polar surface area (TPSA) is 113 Å². The van der Waals surface area contributed by atoms with Crippen LogP contribution >= 0.6 is 11.6 Å². The first-order valence-electron chi connectivity index (χ1n) is 11.2. The zero-order valence-electron chi connectivity index (χ0n) is 19.9. The minimum absolute atomic E-state index is 0.117. The lowest BCUT2D eigenvalue weighted by atomic mass is 10.2. The number of aryl methyl sites for hydroxylation is 1. The standard InChI is InChI=1S/C23H30ClN3O6S2/c1-17-6-7-19(16-22(17)24)27(34(3,29)30)18(2)23(28)25-12-15-33-20-8-10-21(11-9-20)35(31,32)26-13-4-5-14-26/h6-11,16,18H,4-5,12-15H2,1-3H3,(H,25,28). The van der Waals surface area contributed by atoms with E-state index in [0.29, 0.717) is 29.5 Å². The van der Waals surface area contributed by atoms with Crippen molar-refractivity contribution in [3.63, 3.8) is 0 Å². The second-order valence-corrected chi connectivity index (χ2v) is 12.6. The van der Waals surface area contributed by atoms with Gasteiger partial charge in [0.1, 0.15) is 18.4 Å². The average Bonchev–Trinajstić information content (AvgIpc) is 3.34. The molecule has 0 aromatic heterocycles. The zero-order valence-corrected chi connectivity index (χ0v) is 22.3. The van der Waals surface area contributed by atoms with E-state index in [9.17, 15) is 21.6 Å². The van der Waals surface area contributed by atoms with Crippen LogP contribution in [0.5, 0.6) is 5.75 Å². The first kappa shape index (κ1) is 27.3. The Morgan fingerprint density at radius 3 is 2.31 bits per heavy atom. The summed E-state index contributed by atoms with van der Waals surface area (Å²) >= 11 is 6.15. The molecule has 9 nitrogen and oxygen atoms in total. The fourth-order valence-corrected chi connectivity index (χ4v) is 6.66. The summed E-state index contributed by atoms with van der Waals surface area (Å²) in [5.74, 6) is -0.0393. The number of sulfonamides is 2. The number of anilines is 1. The fraction of sp³-hybridized carbons (Fsp3) is 0.435. The Morgan fingerprint density at radius 1 is 1.11 bits per heavy atom. The van der Waals surface area contributed by atoms with Crippen molar-refractivity contribution in [2.75, 3.05) is 36.8 Å². The maximum Gasteiger partial charge on any atom is 0.243 e. The number of amides is 1. The van der Waals surface area contributed by atoms with Crippen molar-refractivity contribution >= 4 is 43.2 Å². The third-order valence-corrected chi connectivity index (χ3v) is 9.26. The predicted octanol–water partition coefficient (Wildman–Crippen LogP) is 2.78. The van der Waals surface area contributed by atoms with Gasteiger partial charge in [-0.3, -0.25) is 9.10 Å². The zero-order chi connectivity index (χ0) is 25.8. The van der Waals surface area contributed by atoms with Crippen LogP contribution in [0.3, 0.4) is 0 Å². The first-order valence-corrected chi connectivity index (χ1v) is 14.8. The second-order valence-electron chi connectivity index (χ2n) is 8.39. The van der Waals surface area contributed by atoms with Crippen molar-refractivity contribution in [2.24, 2.45) is 0 Å². The van der Waals surface area contributed by atoms with Crippen molar-refractivity contribution in [1.29, 1.82) is 0 Å². The van der Waals surface area contributed by atoms with Crippen molar-refractivity contribution in [1.82, 2.24) is 9.62 Å². The van der Waals surface area contributed by atoms with E-state index in [1.165, 1.54) is 29.4 Å². The maximum absolute atomic E-state index is 12.7. The van der Waals surface area contributed by atoms with E-state index >= 15 is 0 Å². The molecule has 1 N–H and O–H groups in total. The number of nitrogens with zero attached hydrogens (tertiary/aromatic N) is 2. The fourth-order valence-electron chi connectivity index (χ4n) is 3.80. The smallest absolute Gasteiger partial charge is 0.243 e. The van der Waals surface area contributed by atoms with Gasteiger partial charge in [0, 0.05) is 18.1 Å². The predicted molar refractivity (Wildman–Crippen MR) is 136 cm³/mol. The number of hydrogen-bond donors (Lipinski definition) is 1. The minimum atomic E-state index is -3.76. The molecule has 1 heterocycles. The number of carbonyl (C=O) groups is 1. The highest BCUT2D eigenvalue weighted by Crippen LogP contribution is 2.27. The molecule has 0 spiro atoms. The highest BCUT2D eigenvalue weighted by molar-refractivity contribution is 7.92. The van der Waals surface area contributed by atoms with Crippen LogP contribution in [-0.4, -0.2) is 65.6 Å². The van der Waals surface area contributed by atoms with Gasteiger partial charge < -0.3 is 10.1 Å². The number of benzene rings is 2. The monoisotopic (exact) mass is 543 g/mol. The Hall–Kier alpha value is -2.34. The molecule has 1 saturated heterocycles. The van der Waals surface area contributed by atoms with Gasteiger partial charge in [-0.25, -0.2) is 16.8 Å². The molecule has 1 fully saturated rings. The molecule has 1 aliphatic heterocycles. The van der Waals surface area contributed by atoms with Crippen molar-refractivity contribution in [2.45, 2.75) is 37.6 Å². The van der Waals surface area contributed by atoms with Crippen LogP contribution < -0.4 is 14.4 Å². The van der Waals surface area contributed by atoms with E-state index in [-0.39, 0.29) is 18.0 Å². The number of nitrogens with one attached hydrogen (secondary N) is 1. The Bertz CT molecular complexity index is 1260. The minimum Gasteiger partial charge on any atom is -0.492 e. The molecular weight excluding hydrogens is 514 g/mol. The van der Waals surface area contributed by atoms with Gasteiger partial charge in [0.05, 0.1) is 23.4 Å². The number of carbonyl (C=O) groups excluding carboxylic acids is 1. The summed E-state index contributed by atoms with van der Waals surface area (Å²) in [6, 6.07) is 9.93. The lowest BCUT2D eigenvalue weighted by Crippen LogP contribution is -2.48. The number of ether oxygens (including phenoxy) is 1. The van der Waals surface area contributed by atoms with Crippen LogP contribution in [0.4, 0.5) is 5.69 Å². The average molecular weight is 544 g/mol. The van der Waals surface area contributed by atoms with Gasteiger partial charge in [0.2, 0.25) is 26.0 Å². The molecule has 2 aromatic carbocycles. The molecule has 2 aromatic rings. The SMILES string of the molecule is Cc1ccc(N(C(C)C(=O)NCCOc2ccc(S(=O)(=O)N3CCCC3)cc2)S(C)(=O)=O)cc1Cl. The van der Waals surface area contributed by atoms with Crippen LogP contribution in [0.15, 0.2) is 47.4 Å². The quantitative estimate of drug-likeness (QED) is 0.461. The van der Waals surface area contributed by atoms with E-state index in [2.05, 4.69) is 5.32 Å². The summed E-state index contributed by atoms with van der Waals surface area (Å²) < 4.78 is 58.1. The van der Waals surface area contributed by atoms with E-state index in [0.717, 1.165) is 29.0 Å². The molecule has 1 aliphatic rings. The van der Waals surface area contributed by atoms with Gasteiger partial charge in [0.15, 0.2) is 0 Å². The van der Waals surface area contributed by atoms with Crippen molar-refractivity contribution in [3.8, 4) is 5.75 Å². The summed E-state index contributed by atoms with van der Waals surface area (Å²) in [6.45, 7) is 4.60. The Labute approximate surface area is 212 Å². The third-order valence-electron chi connectivity index (χ3n) is 5.69. The van der Waals surface area contributed by atoms with E-state index < -0.39 is 32.0 Å². The highest BCUT2D eigenvalue weighted by Gasteiger charge is 2.29. The molecule has 1 amide bonds. The molecule has 3 rings (SSSR count). The van der Waals surface area contributed by atoms with E-state index in [1.807, 2.05) is 0 Å². The molecule has 0 aliphatic carbocycles. The highest BCUT2D eigenvalue weighted by atomic mass is 35.5. The molecule has 12 heteroatoms. The number of rotatable bonds is 10. The molecular formula is C23H30ClN3O6S2. The van der Waals surface area contributed by atoms with Crippen LogP contribution in [-0.2, 0) is 24.8 Å². The Kier molecular flexibility index (Phi) is 8.68. The molecule has 0 bridgehead atoms. The van der Waals surface area contributed by atoms with Gasteiger partial charge in [-0.05, 0) is 68.7 Å². The third kappa shape index (κ3) is 6.66. The van der Waals surface area contributed by atoms with Gasteiger partial charge in [0.25, 0.3) is 0 Å². The summed E-state index contributed by atoms with van der Waals surface area (Å²) in [7, 11) is -7.25. The van der Waals surface area contributed by atoms with Crippen molar-refractivity contribution < 1.29 is 26.4 Å².